The number of rotatable bonds is 5. The first-order chi connectivity index (χ1) is 12.9. The van der Waals surface area contributed by atoms with E-state index in [0.29, 0.717) is 17.3 Å². The molecule has 0 spiro atoms. The molecule has 1 amide bonds. The van der Waals surface area contributed by atoms with Crippen LogP contribution in [0.1, 0.15) is 36.7 Å². The molecule has 0 unspecified atom stereocenters. The number of nitrogens with one attached hydrogen (secondary N) is 1. The standard InChI is InChI=1S/C18H24N8O/c1-4-11(2)21-17(27)15-5-12(7-26-16(15)22-18(19)23-26)13-6-20-25(8-13)14-9-24(3)10-14/h5-8,11,14H,4,9-10H2,1-3H3,(H2,19,23)(H,21,27)/t11-/m0/s1. The minimum Gasteiger partial charge on any atom is -0.366 e. The normalized spacial score (nSPS) is 16.4. The lowest BCUT2D eigenvalue weighted by Gasteiger charge is -2.36. The lowest BCUT2D eigenvalue weighted by atomic mass is 10.1. The second-order valence-corrected chi connectivity index (χ2v) is 7.25. The van der Waals surface area contributed by atoms with Crippen molar-refractivity contribution in [2.75, 3.05) is 25.9 Å². The molecule has 1 saturated heterocycles. The molecule has 4 heterocycles. The van der Waals surface area contributed by atoms with Crippen molar-refractivity contribution in [1.29, 1.82) is 0 Å². The lowest BCUT2D eigenvalue weighted by molar-refractivity contribution is 0.0940. The molecule has 1 fully saturated rings. The Hall–Kier alpha value is -2.94. The second kappa shape index (κ2) is 6.66. The van der Waals surface area contributed by atoms with Gasteiger partial charge in [0.05, 0.1) is 17.8 Å². The van der Waals surface area contributed by atoms with Gasteiger partial charge in [0, 0.05) is 42.7 Å². The van der Waals surface area contributed by atoms with Crippen LogP contribution in [0.4, 0.5) is 5.95 Å². The Morgan fingerprint density at radius 2 is 2.15 bits per heavy atom. The monoisotopic (exact) mass is 368 g/mol. The van der Waals surface area contributed by atoms with Crippen molar-refractivity contribution in [2.24, 2.45) is 0 Å². The first kappa shape index (κ1) is 17.5. The van der Waals surface area contributed by atoms with Crippen molar-refractivity contribution in [3.63, 3.8) is 0 Å². The maximum atomic E-state index is 12.8. The van der Waals surface area contributed by atoms with Gasteiger partial charge in [-0.3, -0.25) is 9.48 Å². The predicted octanol–water partition coefficient (Wildman–Crippen LogP) is 1.19. The Kier molecular flexibility index (Phi) is 4.31. The Balaban J connectivity index is 1.72. The Morgan fingerprint density at radius 1 is 1.37 bits per heavy atom. The zero-order chi connectivity index (χ0) is 19.1. The molecular formula is C18H24N8O. The highest BCUT2D eigenvalue weighted by Gasteiger charge is 2.26. The number of anilines is 1. The summed E-state index contributed by atoms with van der Waals surface area (Å²) in [6, 6.07) is 2.29. The second-order valence-electron chi connectivity index (χ2n) is 7.25. The molecule has 1 atom stereocenters. The van der Waals surface area contributed by atoms with E-state index in [9.17, 15) is 4.79 Å². The Labute approximate surface area is 157 Å². The third-order valence-corrected chi connectivity index (χ3v) is 5.04. The molecule has 3 aromatic rings. The number of carbonyl (C=O) groups is 1. The number of hydrogen-bond acceptors (Lipinski definition) is 6. The molecule has 0 saturated carbocycles. The first-order valence-corrected chi connectivity index (χ1v) is 9.14. The molecule has 0 radical (unpaired) electrons. The Morgan fingerprint density at radius 3 is 2.85 bits per heavy atom. The molecule has 1 aliphatic rings. The summed E-state index contributed by atoms with van der Waals surface area (Å²) in [6.45, 7) is 5.97. The summed E-state index contributed by atoms with van der Waals surface area (Å²) in [5.74, 6) is -0.0467. The fraction of sp³-hybridized carbons (Fsp3) is 0.444. The maximum Gasteiger partial charge on any atom is 0.255 e. The first-order valence-electron chi connectivity index (χ1n) is 9.14. The van der Waals surface area contributed by atoms with Gasteiger partial charge in [0.2, 0.25) is 5.95 Å². The zero-order valence-electron chi connectivity index (χ0n) is 15.8. The number of likely N-dealkylation sites (N-methyl/N-ethyl adjacent to an activating group) is 1. The maximum absolute atomic E-state index is 12.8. The molecule has 9 heteroatoms. The van der Waals surface area contributed by atoms with Crippen LogP contribution in [0.15, 0.2) is 24.7 Å². The molecule has 4 rings (SSSR count). The van der Waals surface area contributed by atoms with Crippen molar-refractivity contribution < 1.29 is 4.79 Å². The van der Waals surface area contributed by atoms with Crippen LogP contribution in [-0.4, -0.2) is 61.4 Å². The summed E-state index contributed by atoms with van der Waals surface area (Å²) in [4.78, 5) is 19.2. The van der Waals surface area contributed by atoms with E-state index in [1.54, 1.807) is 4.52 Å². The fourth-order valence-corrected chi connectivity index (χ4v) is 3.25. The van der Waals surface area contributed by atoms with Gasteiger partial charge in [-0.2, -0.15) is 10.1 Å². The topological polar surface area (TPSA) is 106 Å². The van der Waals surface area contributed by atoms with Crippen LogP contribution >= 0.6 is 0 Å². The van der Waals surface area contributed by atoms with Crippen molar-refractivity contribution in [3.8, 4) is 11.1 Å². The molecule has 1 aliphatic heterocycles. The number of amides is 1. The van der Waals surface area contributed by atoms with Gasteiger partial charge in [-0.25, -0.2) is 4.52 Å². The van der Waals surface area contributed by atoms with E-state index in [0.717, 1.165) is 30.6 Å². The average Bonchev–Trinajstić information content (AvgIpc) is 3.23. The highest BCUT2D eigenvalue weighted by Crippen LogP contribution is 2.26. The van der Waals surface area contributed by atoms with Gasteiger partial charge < -0.3 is 16.0 Å². The van der Waals surface area contributed by atoms with Crippen LogP contribution in [0, 0.1) is 0 Å². The summed E-state index contributed by atoms with van der Waals surface area (Å²) in [6.07, 6.45) is 6.50. The molecule has 142 valence electrons. The number of nitrogens with zero attached hydrogens (tertiary/aromatic N) is 6. The van der Waals surface area contributed by atoms with Crippen LogP contribution in [0.2, 0.25) is 0 Å². The molecule has 0 aliphatic carbocycles. The number of likely N-dealkylation sites (tertiary alicyclic amines) is 1. The number of hydrogen-bond donors (Lipinski definition) is 2. The summed E-state index contributed by atoms with van der Waals surface area (Å²) in [7, 11) is 2.09. The van der Waals surface area contributed by atoms with E-state index in [1.807, 2.05) is 43.2 Å². The number of aromatic nitrogens is 5. The molecular weight excluding hydrogens is 344 g/mol. The van der Waals surface area contributed by atoms with Crippen LogP contribution in [0.25, 0.3) is 16.8 Å². The quantitative estimate of drug-likeness (QED) is 0.701. The van der Waals surface area contributed by atoms with E-state index < -0.39 is 0 Å². The third-order valence-electron chi connectivity index (χ3n) is 5.04. The number of carbonyl (C=O) groups excluding carboxylic acids is 1. The smallest absolute Gasteiger partial charge is 0.255 e. The van der Waals surface area contributed by atoms with Crippen LogP contribution in [0.3, 0.4) is 0 Å². The molecule has 0 aromatic carbocycles. The highest BCUT2D eigenvalue weighted by molar-refractivity contribution is 6.01. The summed E-state index contributed by atoms with van der Waals surface area (Å²) in [5.41, 5.74) is 8.44. The van der Waals surface area contributed by atoms with Crippen LogP contribution in [0.5, 0.6) is 0 Å². The van der Waals surface area contributed by atoms with Gasteiger partial charge in [0.1, 0.15) is 0 Å². The SMILES string of the molecule is CC[C@H](C)NC(=O)c1cc(-c2cnn(C3CN(C)C3)c2)cn2nc(N)nc12. The number of fused-ring (bicyclic) bond motifs is 1. The minimum atomic E-state index is -0.184. The van der Waals surface area contributed by atoms with Crippen LogP contribution in [-0.2, 0) is 0 Å². The molecule has 27 heavy (non-hydrogen) atoms. The van der Waals surface area contributed by atoms with Gasteiger partial charge in [0.15, 0.2) is 5.65 Å². The van der Waals surface area contributed by atoms with Gasteiger partial charge >= 0.3 is 0 Å². The minimum absolute atomic E-state index is 0.0693. The van der Waals surface area contributed by atoms with Crippen molar-refractivity contribution in [1.82, 2.24) is 34.6 Å². The molecule has 9 nitrogen and oxygen atoms in total. The van der Waals surface area contributed by atoms with Crippen LogP contribution < -0.4 is 11.1 Å². The summed E-state index contributed by atoms with van der Waals surface area (Å²) >= 11 is 0. The van der Waals surface area contributed by atoms with E-state index in [-0.39, 0.29) is 17.9 Å². The number of nitrogen functional groups attached to an aromatic ring is 1. The van der Waals surface area contributed by atoms with Crippen molar-refractivity contribution in [3.05, 3.63) is 30.2 Å². The third kappa shape index (κ3) is 3.25. The van der Waals surface area contributed by atoms with E-state index in [4.69, 9.17) is 5.73 Å². The van der Waals surface area contributed by atoms with Gasteiger partial charge in [-0.15, -0.1) is 5.10 Å². The highest BCUT2D eigenvalue weighted by atomic mass is 16.1. The average molecular weight is 368 g/mol. The van der Waals surface area contributed by atoms with Gasteiger partial charge in [0.25, 0.3) is 5.91 Å². The van der Waals surface area contributed by atoms with Gasteiger partial charge in [-0.1, -0.05) is 6.92 Å². The van der Waals surface area contributed by atoms with E-state index in [2.05, 4.69) is 32.4 Å². The Bertz CT molecular complexity index is 985. The number of nitrogens with two attached hydrogens (primary N) is 1. The van der Waals surface area contributed by atoms with Crippen molar-refractivity contribution >= 4 is 17.5 Å². The summed E-state index contributed by atoms with van der Waals surface area (Å²) < 4.78 is 3.54. The van der Waals surface area contributed by atoms with E-state index >= 15 is 0 Å². The number of pyridine rings is 1. The summed E-state index contributed by atoms with van der Waals surface area (Å²) in [5, 5.41) is 11.7. The van der Waals surface area contributed by atoms with E-state index in [1.165, 1.54) is 0 Å². The largest absolute Gasteiger partial charge is 0.366 e. The predicted molar refractivity (Wildman–Crippen MR) is 102 cm³/mol. The zero-order valence-corrected chi connectivity index (χ0v) is 15.8. The molecule has 3 aromatic heterocycles. The lowest BCUT2D eigenvalue weighted by Crippen LogP contribution is -2.45. The molecule has 0 bridgehead atoms. The van der Waals surface area contributed by atoms with Gasteiger partial charge in [-0.05, 0) is 26.5 Å². The fourth-order valence-electron chi connectivity index (χ4n) is 3.25. The molecule has 3 N–H and O–H groups in total. The van der Waals surface area contributed by atoms with Crippen molar-refractivity contribution in [2.45, 2.75) is 32.4 Å².